The predicted molar refractivity (Wildman–Crippen MR) is 103 cm³/mol. The molecule has 2 aromatic heterocycles. The van der Waals surface area contributed by atoms with Crippen LogP contribution >= 0.6 is 0 Å². The molecular formula is C22H17N3O. The number of fused-ring (bicyclic) bond motifs is 1. The summed E-state index contributed by atoms with van der Waals surface area (Å²) in [5.74, 6) is 0.707. The maximum atomic E-state index is 11.9. The average molecular weight is 339 g/mol. The van der Waals surface area contributed by atoms with E-state index in [2.05, 4.69) is 45.5 Å². The predicted octanol–water partition coefficient (Wildman–Crippen LogP) is 4.53. The number of aromatic amines is 1. The second kappa shape index (κ2) is 5.92. The van der Waals surface area contributed by atoms with Crippen molar-refractivity contribution in [3.05, 3.63) is 82.8 Å². The van der Waals surface area contributed by atoms with Gasteiger partial charge < -0.3 is 0 Å². The Morgan fingerprint density at radius 1 is 0.962 bits per heavy atom. The minimum atomic E-state index is -0.0751. The van der Waals surface area contributed by atoms with Gasteiger partial charge in [-0.3, -0.25) is 14.9 Å². The van der Waals surface area contributed by atoms with Crippen LogP contribution in [0.15, 0.2) is 71.8 Å². The highest BCUT2D eigenvalue weighted by Gasteiger charge is 2.23. The number of hydrogen-bond donors (Lipinski definition) is 1. The van der Waals surface area contributed by atoms with Crippen LogP contribution in [0.3, 0.4) is 0 Å². The summed E-state index contributed by atoms with van der Waals surface area (Å²) in [6.45, 7) is 0. The van der Waals surface area contributed by atoms with Gasteiger partial charge in [-0.1, -0.05) is 30.3 Å². The van der Waals surface area contributed by atoms with Crippen molar-refractivity contribution in [3.63, 3.8) is 0 Å². The molecule has 4 heteroatoms. The Morgan fingerprint density at radius 2 is 1.88 bits per heavy atom. The summed E-state index contributed by atoms with van der Waals surface area (Å²) in [7, 11) is 0. The van der Waals surface area contributed by atoms with Crippen LogP contribution in [0.1, 0.15) is 24.3 Å². The molecule has 5 rings (SSSR count). The minimum absolute atomic E-state index is 0.0751. The van der Waals surface area contributed by atoms with Crippen molar-refractivity contribution in [2.75, 3.05) is 0 Å². The minimum Gasteiger partial charge on any atom is -0.287 e. The van der Waals surface area contributed by atoms with Crippen LogP contribution in [0.25, 0.3) is 33.3 Å². The summed E-state index contributed by atoms with van der Waals surface area (Å²) in [5.41, 5.74) is 6.20. The van der Waals surface area contributed by atoms with Gasteiger partial charge in [-0.2, -0.15) is 5.10 Å². The first-order valence-corrected chi connectivity index (χ1v) is 8.83. The van der Waals surface area contributed by atoms with Gasteiger partial charge in [0.05, 0.1) is 17.4 Å². The van der Waals surface area contributed by atoms with E-state index in [-0.39, 0.29) is 5.43 Å². The Kier molecular flexibility index (Phi) is 3.42. The first kappa shape index (κ1) is 15.0. The van der Waals surface area contributed by atoms with Crippen molar-refractivity contribution in [1.29, 1.82) is 0 Å². The van der Waals surface area contributed by atoms with E-state index in [1.807, 2.05) is 30.5 Å². The Bertz CT molecular complexity index is 1180. The molecule has 2 heterocycles. The molecule has 1 aliphatic carbocycles. The highest BCUT2D eigenvalue weighted by molar-refractivity contribution is 5.88. The third kappa shape index (κ3) is 2.60. The van der Waals surface area contributed by atoms with E-state index in [4.69, 9.17) is 0 Å². The fourth-order valence-electron chi connectivity index (χ4n) is 3.47. The molecule has 2 aromatic carbocycles. The van der Waals surface area contributed by atoms with Crippen molar-refractivity contribution in [2.24, 2.45) is 0 Å². The third-order valence-electron chi connectivity index (χ3n) is 4.98. The maximum Gasteiger partial charge on any atom is 0.207 e. The van der Waals surface area contributed by atoms with Gasteiger partial charge in [-0.25, -0.2) is 0 Å². The number of rotatable bonds is 3. The van der Waals surface area contributed by atoms with Crippen molar-refractivity contribution < 1.29 is 0 Å². The van der Waals surface area contributed by atoms with Crippen molar-refractivity contribution >= 4 is 10.9 Å². The largest absolute Gasteiger partial charge is 0.287 e. The Balaban J connectivity index is 1.67. The summed E-state index contributed by atoms with van der Waals surface area (Å²) in [4.78, 5) is 16.6. The molecule has 126 valence electrons. The molecule has 0 bridgehead atoms. The summed E-state index contributed by atoms with van der Waals surface area (Å²) in [5, 5.41) is 7.48. The second-order valence-corrected chi connectivity index (χ2v) is 6.79. The first-order valence-electron chi connectivity index (χ1n) is 8.83. The quantitative estimate of drug-likeness (QED) is 0.596. The number of pyridine rings is 1. The lowest BCUT2D eigenvalue weighted by Crippen LogP contribution is -2.02. The van der Waals surface area contributed by atoms with Crippen LogP contribution < -0.4 is 5.43 Å². The molecule has 1 fully saturated rings. The smallest absolute Gasteiger partial charge is 0.207 e. The lowest BCUT2D eigenvalue weighted by atomic mass is 9.97. The molecule has 0 radical (unpaired) electrons. The summed E-state index contributed by atoms with van der Waals surface area (Å²) in [6, 6.07) is 18.5. The number of benzene rings is 2. The molecule has 0 spiro atoms. The fraction of sp³-hybridized carbons (Fsp3) is 0.136. The van der Waals surface area contributed by atoms with Gasteiger partial charge in [-0.15, -0.1) is 0 Å². The van der Waals surface area contributed by atoms with E-state index in [9.17, 15) is 4.79 Å². The SMILES string of the molecule is O=c1cn[nH]c2cc(-c3cccnc3-c3cccc(C4CC4)c3)ccc12. The van der Waals surface area contributed by atoms with E-state index in [1.54, 1.807) is 0 Å². The van der Waals surface area contributed by atoms with Crippen LogP contribution in [0.2, 0.25) is 0 Å². The third-order valence-corrected chi connectivity index (χ3v) is 4.98. The van der Waals surface area contributed by atoms with Gasteiger partial charge in [-0.05, 0) is 54.2 Å². The summed E-state index contributed by atoms with van der Waals surface area (Å²) in [6.07, 6.45) is 5.70. The lowest BCUT2D eigenvalue weighted by molar-refractivity contribution is 1.06. The van der Waals surface area contributed by atoms with Crippen molar-refractivity contribution in [2.45, 2.75) is 18.8 Å². The van der Waals surface area contributed by atoms with E-state index in [1.165, 1.54) is 24.6 Å². The normalized spacial score (nSPS) is 13.8. The Hall–Kier alpha value is -3.27. The number of nitrogens with zero attached hydrogens (tertiary/aromatic N) is 2. The topological polar surface area (TPSA) is 58.6 Å². The molecule has 1 saturated carbocycles. The van der Waals surface area contributed by atoms with Gasteiger partial charge in [0.25, 0.3) is 0 Å². The first-order chi connectivity index (χ1) is 12.8. The molecule has 26 heavy (non-hydrogen) atoms. The molecule has 0 amide bonds. The van der Waals surface area contributed by atoms with Crippen LogP contribution in [-0.2, 0) is 0 Å². The van der Waals surface area contributed by atoms with Gasteiger partial charge >= 0.3 is 0 Å². The van der Waals surface area contributed by atoms with Crippen molar-refractivity contribution in [3.8, 4) is 22.4 Å². The molecular weight excluding hydrogens is 322 g/mol. The van der Waals surface area contributed by atoms with E-state index in [0.29, 0.717) is 11.3 Å². The highest BCUT2D eigenvalue weighted by atomic mass is 16.1. The maximum absolute atomic E-state index is 11.9. The average Bonchev–Trinajstić information content (AvgIpc) is 3.53. The van der Waals surface area contributed by atoms with Gasteiger partial charge in [0.15, 0.2) is 0 Å². The van der Waals surface area contributed by atoms with Crippen LogP contribution in [-0.4, -0.2) is 15.2 Å². The van der Waals surface area contributed by atoms with Gasteiger partial charge in [0, 0.05) is 22.7 Å². The Labute approximate surface area is 150 Å². The van der Waals surface area contributed by atoms with Crippen LogP contribution in [0.4, 0.5) is 0 Å². The lowest BCUT2D eigenvalue weighted by Gasteiger charge is -2.11. The summed E-state index contributed by atoms with van der Waals surface area (Å²) >= 11 is 0. The fourth-order valence-corrected chi connectivity index (χ4v) is 3.47. The number of hydrogen-bond acceptors (Lipinski definition) is 3. The molecule has 1 N–H and O–H groups in total. The van der Waals surface area contributed by atoms with Gasteiger partial charge in [0.1, 0.15) is 0 Å². The zero-order valence-corrected chi connectivity index (χ0v) is 14.1. The second-order valence-electron chi connectivity index (χ2n) is 6.79. The van der Waals surface area contributed by atoms with E-state index >= 15 is 0 Å². The molecule has 4 aromatic rings. The molecule has 0 unspecified atom stereocenters. The van der Waals surface area contributed by atoms with Crippen molar-refractivity contribution in [1.82, 2.24) is 15.2 Å². The highest BCUT2D eigenvalue weighted by Crippen LogP contribution is 2.41. The molecule has 0 aliphatic heterocycles. The van der Waals surface area contributed by atoms with Gasteiger partial charge in [0.2, 0.25) is 5.43 Å². The molecule has 1 aliphatic rings. The monoisotopic (exact) mass is 339 g/mol. The number of aromatic nitrogens is 3. The van der Waals surface area contributed by atoms with E-state index in [0.717, 1.165) is 27.9 Å². The van der Waals surface area contributed by atoms with Crippen LogP contribution in [0.5, 0.6) is 0 Å². The molecule has 4 nitrogen and oxygen atoms in total. The van der Waals surface area contributed by atoms with Crippen LogP contribution in [0, 0.1) is 0 Å². The summed E-state index contributed by atoms with van der Waals surface area (Å²) < 4.78 is 0. The number of H-pyrrole nitrogens is 1. The van der Waals surface area contributed by atoms with E-state index < -0.39 is 0 Å². The Morgan fingerprint density at radius 3 is 2.77 bits per heavy atom. The molecule has 0 saturated heterocycles. The zero-order chi connectivity index (χ0) is 17.5. The number of nitrogens with one attached hydrogen (secondary N) is 1. The molecule has 0 atom stereocenters. The zero-order valence-electron chi connectivity index (χ0n) is 14.1. The standard InChI is InChI=1S/C22H17N3O/c26-21-13-24-25-20-12-16(8-9-19(20)21)18-5-2-10-23-22(18)17-4-1-3-15(11-17)14-6-7-14/h1-5,8-14H,6-7H2,(H,25,26).